The van der Waals surface area contributed by atoms with Crippen molar-refractivity contribution in [1.29, 1.82) is 0 Å². The molecule has 1 aromatic carbocycles. The smallest absolute Gasteiger partial charge is 0.319 e. The van der Waals surface area contributed by atoms with E-state index in [4.69, 9.17) is 10.9 Å². The number of nitrogens with zero attached hydrogens (tertiary/aromatic N) is 1. The van der Waals surface area contributed by atoms with Gasteiger partial charge in [0.2, 0.25) is 0 Å². The van der Waals surface area contributed by atoms with Gasteiger partial charge in [-0.3, -0.25) is 0 Å². The summed E-state index contributed by atoms with van der Waals surface area (Å²) in [6.07, 6.45) is 1.97. The van der Waals surface area contributed by atoms with Crippen molar-refractivity contribution in [1.82, 2.24) is 5.32 Å². The zero-order chi connectivity index (χ0) is 14.3. The molecule has 2 amide bonds. The molecule has 5 N–H and O–H groups in total. The number of rotatable bonds is 5. The van der Waals surface area contributed by atoms with E-state index in [-0.39, 0.29) is 11.9 Å². The molecule has 19 heavy (non-hydrogen) atoms. The van der Waals surface area contributed by atoms with E-state index in [1.165, 1.54) is 0 Å². The summed E-state index contributed by atoms with van der Waals surface area (Å²) < 4.78 is 0. The zero-order valence-corrected chi connectivity index (χ0v) is 11.2. The molecule has 0 aliphatic heterocycles. The van der Waals surface area contributed by atoms with Crippen LogP contribution in [0, 0.1) is 6.92 Å². The van der Waals surface area contributed by atoms with E-state index in [2.05, 4.69) is 22.7 Å². The summed E-state index contributed by atoms with van der Waals surface area (Å²) in [6, 6.07) is 4.94. The molecule has 0 aliphatic rings. The van der Waals surface area contributed by atoms with E-state index in [1.54, 1.807) is 18.2 Å². The third-order valence-electron chi connectivity index (χ3n) is 2.71. The number of nitrogens with two attached hydrogens (primary N) is 1. The predicted molar refractivity (Wildman–Crippen MR) is 75.6 cm³/mol. The fourth-order valence-corrected chi connectivity index (χ4v) is 1.52. The minimum Gasteiger partial charge on any atom is -0.409 e. The first-order chi connectivity index (χ1) is 9.08. The van der Waals surface area contributed by atoms with E-state index < -0.39 is 0 Å². The number of hydrogen-bond acceptors (Lipinski definition) is 3. The Kier molecular flexibility index (Phi) is 5.66. The number of carbonyl (C=O) groups is 1. The Morgan fingerprint density at radius 1 is 1.47 bits per heavy atom. The largest absolute Gasteiger partial charge is 0.409 e. The van der Waals surface area contributed by atoms with Crippen LogP contribution in [-0.4, -0.2) is 23.6 Å². The Balaban J connectivity index is 2.74. The zero-order valence-electron chi connectivity index (χ0n) is 11.2. The minimum absolute atomic E-state index is 0.00874. The molecule has 6 heteroatoms. The predicted octanol–water partition coefficient (Wildman–Crippen LogP) is 2.01. The van der Waals surface area contributed by atoms with Gasteiger partial charge in [-0.1, -0.05) is 30.6 Å². The van der Waals surface area contributed by atoms with Gasteiger partial charge in [0.25, 0.3) is 0 Å². The van der Waals surface area contributed by atoms with Gasteiger partial charge in [0.15, 0.2) is 5.84 Å². The summed E-state index contributed by atoms with van der Waals surface area (Å²) in [6.45, 7) is 4.57. The summed E-state index contributed by atoms with van der Waals surface area (Å²) in [7, 11) is 0. The number of carbonyl (C=O) groups excluding carboxylic acids is 1. The van der Waals surface area contributed by atoms with Crippen molar-refractivity contribution in [2.75, 3.05) is 11.9 Å². The maximum Gasteiger partial charge on any atom is 0.319 e. The lowest BCUT2D eigenvalue weighted by Gasteiger charge is -2.11. The van der Waals surface area contributed by atoms with Crippen molar-refractivity contribution in [3.05, 3.63) is 29.3 Å². The molecule has 1 rings (SSSR count). The van der Waals surface area contributed by atoms with E-state index in [0.717, 1.165) is 18.4 Å². The lowest BCUT2D eigenvalue weighted by molar-refractivity contribution is 0.252. The highest BCUT2D eigenvalue weighted by molar-refractivity contribution is 5.99. The Morgan fingerprint density at radius 3 is 2.84 bits per heavy atom. The monoisotopic (exact) mass is 264 g/mol. The van der Waals surface area contributed by atoms with Crippen molar-refractivity contribution in [3.8, 4) is 0 Å². The molecule has 0 bridgehead atoms. The van der Waals surface area contributed by atoms with Gasteiger partial charge in [0, 0.05) is 17.8 Å². The highest BCUT2D eigenvalue weighted by atomic mass is 16.4. The fourth-order valence-electron chi connectivity index (χ4n) is 1.52. The molecule has 0 aromatic heterocycles. The fraction of sp³-hybridized carbons (Fsp3) is 0.385. The van der Waals surface area contributed by atoms with Crippen LogP contribution in [0.2, 0.25) is 0 Å². The SMILES string of the molecule is CCCCNC(=O)Nc1cc(C(N)=NO)ccc1C. The number of amides is 2. The Labute approximate surface area is 112 Å². The molecule has 6 nitrogen and oxygen atoms in total. The first-order valence-electron chi connectivity index (χ1n) is 6.22. The van der Waals surface area contributed by atoms with Gasteiger partial charge >= 0.3 is 6.03 Å². The van der Waals surface area contributed by atoms with Crippen LogP contribution in [0.3, 0.4) is 0 Å². The number of nitrogens with one attached hydrogen (secondary N) is 2. The maximum absolute atomic E-state index is 11.7. The van der Waals surface area contributed by atoms with E-state index in [1.807, 2.05) is 6.92 Å². The lowest BCUT2D eigenvalue weighted by atomic mass is 10.1. The van der Waals surface area contributed by atoms with Crippen LogP contribution in [0.4, 0.5) is 10.5 Å². The molecule has 0 fully saturated rings. The van der Waals surface area contributed by atoms with Crippen molar-refractivity contribution < 1.29 is 10.0 Å². The molecule has 104 valence electrons. The molecular weight excluding hydrogens is 244 g/mol. The molecule has 0 radical (unpaired) electrons. The Morgan fingerprint density at radius 2 is 2.21 bits per heavy atom. The third kappa shape index (κ3) is 4.50. The second-order valence-corrected chi connectivity index (χ2v) is 4.25. The average Bonchev–Trinajstić information content (AvgIpc) is 2.40. The number of aryl methyl sites for hydroxylation is 1. The number of oxime groups is 1. The van der Waals surface area contributed by atoms with Gasteiger partial charge in [-0.2, -0.15) is 0 Å². The van der Waals surface area contributed by atoms with Crippen LogP contribution < -0.4 is 16.4 Å². The summed E-state index contributed by atoms with van der Waals surface area (Å²) in [5.41, 5.74) is 7.61. The number of urea groups is 1. The Hall–Kier alpha value is -2.24. The van der Waals surface area contributed by atoms with Gasteiger partial charge in [0.1, 0.15) is 0 Å². The first-order valence-corrected chi connectivity index (χ1v) is 6.22. The number of unbranched alkanes of at least 4 members (excludes halogenated alkanes) is 1. The van der Waals surface area contributed by atoms with Crippen LogP contribution in [0.25, 0.3) is 0 Å². The number of amidine groups is 1. The van der Waals surface area contributed by atoms with Crippen molar-refractivity contribution in [2.45, 2.75) is 26.7 Å². The summed E-state index contributed by atoms with van der Waals surface area (Å²) in [5.74, 6) is 0.00874. The number of anilines is 1. The first kappa shape index (κ1) is 14.8. The molecule has 0 saturated heterocycles. The number of hydrogen-bond donors (Lipinski definition) is 4. The van der Waals surface area contributed by atoms with Gasteiger partial charge in [0.05, 0.1) is 0 Å². The second-order valence-electron chi connectivity index (χ2n) is 4.25. The van der Waals surface area contributed by atoms with Crippen LogP contribution in [0.5, 0.6) is 0 Å². The molecule has 0 saturated carbocycles. The van der Waals surface area contributed by atoms with E-state index >= 15 is 0 Å². The van der Waals surface area contributed by atoms with Gasteiger partial charge in [-0.25, -0.2) is 4.79 Å². The number of benzene rings is 1. The van der Waals surface area contributed by atoms with Crippen LogP contribution in [-0.2, 0) is 0 Å². The van der Waals surface area contributed by atoms with Crippen molar-refractivity contribution in [2.24, 2.45) is 10.9 Å². The average molecular weight is 264 g/mol. The topological polar surface area (TPSA) is 99.7 Å². The van der Waals surface area contributed by atoms with Crippen LogP contribution in [0.15, 0.2) is 23.4 Å². The van der Waals surface area contributed by atoms with Crippen LogP contribution >= 0.6 is 0 Å². The summed E-state index contributed by atoms with van der Waals surface area (Å²) in [4.78, 5) is 11.7. The minimum atomic E-state index is -0.256. The normalized spacial score (nSPS) is 11.2. The van der Waals surface area contributed by atoms with Gasteiger partial charge < -0.3 is 21.6 Å². The molecule has 0 atom stereocenters. The van der Waals surface area contributed by atoms with E-state index in [0.29, 0.717) is 17.8 Å². The molecule has 0 spiro atoms. The summed E-state index contributed by atoms with van der Waals surface area (Å²) in [5, 5.41) is 17.1. The third-order valence-corrected chi connectivity index (χ3v) is 2.71. The quantitative estimate of drug-likeness (QED) is 0.215. The molecule has 0 heterocycles. The molecule has 1 aromatic rings. The molecular formula is C13H20N4O2. The van der Waals surface area contributed by atoms with Crippen LogP contribution in [0.1, 0.15) is 30.9 Å². The highest BCUT2D eigenvalue weighted by Gasteiger charge is 2.07. The van der Waals surface area contributed by atoms with Gasteiger partial charge in [-0.15, -0.1) is 0 Å². The van der Waals surface area contributed by atoms with Crippen molar-refractivity contribution in [3.63, 3.8) is 0 Å². The van der Waals surface area contributed by atoms with E-state index in [9.17, 15) is 4.79 Å². The molecule has 0 unspecified atom stereocenters. The Bertz CT molecular complexity index is 472. The summed E-state index contributed by atoms with van der Waals surface area (Å²) >= 11 is 0. The van der Waals surface area contributed by atoms with Gasteiger partial charge in [-0.05, 0) is 25.0 Å². The highest BCUT2D eigenvalue weighted by Crippen LogP contribution is 2.16. The molecule has 0 aliphatic carbocycles. The maximum atomic E-state index is 11.7. The second kappa shape index (κ2) is 7.25. The lowest BCUT2D eigenvalue weighted by Crippen LogP contribution is -2.29. The standard InChI is InChI=1S/C13H20N4O2/c1-3-4-7-15-13(18)16-11-8-10(12(14)17-19)6-5-9(11)2/h5-6,8,19H,3-4,7H2,1-2H3,(H2,14,17)(H2,15,16,18). The van der Waals surface area contributed by atoms with Crippen molar-refractivity contribution >= 4 is 17.6 Å².